The second kappa shape index (κ2) is 7.55. The van der Waals surface area contributed by atoms with Gasteiger partial charge in [0.1, 0.15) is 5.75 Å². The summed E-state index contributed by atoms with van der Waals surface area (Å²) in [6.07, 6.45) is 3.97. The van der Waals surface area contributed by atoms with Crippen molar-refractivity contribution >= 4 is 27.7 Å². The molecule has 2 atom stereocenters. The van der Waals surface area contributed by atoms with E-state index in [4.69, 9.17) is 4.74 Å². The van der Waals surface area contributed by atoms with E-state index in [1.165, 1.54) is 30.6 Å². The molecule has 1 fully saturated rings. The van der Waals surface area contributed by atoms with Crippen molar-refractivity contribution in [2.24, 2.45) is 0 Å². The summed E-state index contributed by atoms with van der Waals surface area (Å²) in [5.74, 6) is 2.16. The van der Waals surface area contributed by atoms with Crippen molar-refractivity contribution in [1.82, 2.24) is 5.32 Å². The van der Waals surface area contributed by atoms with Crippen LogP contribution in [0, 0.1) is 0 Å². The molecule has 0 bridgehead atoms. The third-order valence-corrected chi connectivity index (χ3v) is 5.63. The SMILES string of the molecule is CCSC1CCC(NCc2cc(OC)ccc2Br)C1. The maximum absolute atomic E-state index is 5.28. The molecule has 106 valence electrons. The molecule has 0 amide bonds. The zero-order valence-electron chi connectivity index (χ0n) is 11.6. The van der Waals surface area contributed by atoms with Crippen LogP contribution in [-0.4, -0.2) is 24.2 Å². The lowest BCUT2D eigenvalue weighted by molar-refractivity contribution is 0.413. The average Bonchev–Trinajstić information content (AvgIpc) is 2.86. The number of nitrogens with one attached hydrogen (secondary N) is 1. The molecule has 0 aliphatic heterocycles. The highest BCUT2D eigenvalue weighted by Crippen LogP contribution is 2.30. The average molecular weight is 344 g/mol. The summed E-state index contributed by atoms with van der Waals surface area (Å²) >= 11 is 5.71. The van der Waals surface area contributed by atoms with Gasteiger partial charge in [0.25, 0.3) is 0 Å². The van der Waals surface area contributed by atoms with E-state index in [2.05, 4.69) is 52.1 Å². The Morgan fingerprint density at radius 2 is 2.26 bits per heavy atom. The van der Waals surface area contributed by atoms with Crippen LogP contribution in [-0.2, 0) is 6.54 Å². The molecule has 1 aromatic rings. The molecule has 1 N–H and O–H groups in total. The second-order valence-electron chi connectivity index (χ2n) is 4.93. The van der Waals surface area contributed by atoms with Gasteiger partial charge >= 0.3 is 0 Å². The van der Waals surface area contributed by atoms with Crippen molar-refractivity contribution in [3.8, 4) is 5.75 Å². The van der Waals surface area contributed by atoms with Crippen molar-refractivity contribution in [1.29, 1.82) is 0 Å². The zero-order valence-corrected chi connectivity index (χ0v) is 14.0. The van der Waals surface area contributed by atoms with E-state index in [-0.39, 0.29) is 0 Å². The summed E-state index contributed by atoms with van der Waals surface area (Å²) in [5.41, 5.74) is 1.27. The van der Waals surface area contributed by atoms with Crippen LogP contribution in [0.1, 0.15) is 31.7 Å². The summed E-state index contributed by atoms with van der Waals surface area (Å²) in [6, 6.07) is 6.81. The zero-order chi connectivity index (χ0) is 13.7. The number of thioether (sulfide) groups is 1. The van der Waals surface area contributed by atoms with E-state index in [9.17, 15) is 0 Å². The van der Waals surface area contributed by atoms with Crippen LogP contribution in [0.5, 0.6) is 5.75 Å². The lowest BCUT2D eigenvalue weighted by Gasteiger charge is -2.14. The van der Waals surface area contributed by atoms with Crippen LogP contribution in [0.2, 0.25) is 0 Å². The van der Waals surface area contributed by atoms with Crippen LogP contribution in [0.25, 0.3) is 0 Å². The first-order valence-electron chi connectivity index (χ1n) is 6.90. The minimum Gasteiger partial charge on any atom is -0.497 e. The molecule has 4 heteroatoms. The summed E-state index contributed by atoms with van der Waals surface area (Å²) in [5, 5.41) is 4.54. The monoisotopic (exact) mass is 343 g/mol. The molecule has 1 aliphatic carbocycles. The van der Waals surface area contributed by atoms with Gasteiger partial charge in [-0.05, 0) is 48.8 Å². The maximum atomic E-state index is 5.28. The molecular formula is C15H22BrNOS. The molecule has 0 saturated heterocycles. The van der Waals surface area contributed by atoms with Gasteiger partial charge in [-0.3, -0.25) is 0 Å². The van der Waals surface area contributed by atoms with Gasteiger partial charge in [-0.15, -0.1) is 0 Å². The first kappa shape index (κ1) is 15.2. The maximum Gasteiger partial charge on any atom is 0.119 e. The third-order valence-electron chi connectivity index (χ3n) is 3.62. The topological polar surface area (TPSA) is 21.3 Å². The minimum absolute atomic E-state index is 0.669. The molecule has 0 aromatic heterocycles. The van der Waals surface area contributed by atoms with Gasteiger partial charge in [-0.2, -0.15) is 11.8 Å². The smallest absolute Gasteiger partial charge is 0.119 e. The number of hydrogen-bond donors (Lipinski definition) is 1. The molecule has 2 rings (SSSR count). The molecule has 2 unspecified atom stereocenters. The highest BCUT2D eigenvalue weighted by atomic mass is 79.9. The van der Waals surface area contributed by atoms with E-state index in [0.29, 0.717) is 6.04 Å². The largest absolute Gasteiger partial charge is 0.497 e. The van der Waals surface area contributed by atoms with Gasteiger partial charge in [-0.25, -0.2) is 0 Å². The fourth-order valence-corrected chi connectivity index (χ4v) is 4.11. The lowest BCUT2D eigenvalue weighted by Crippen LogP contribution is -2.26. The minimum atomic E-state index is 0.669. The van der Waals surface area contributed by atoms with Crippen LogP contribution in [0.3, 0.4) is 0 Å². The number of halogens is 1. The van der Waals surface area contributed by atoms with Crippen molar-refractivity contribution in [2.45, 2.75) is 44.0 Å². The van der Waals surface area contributed by atoms with E-state index in [0.717, 1.165) is 22.0 Å². The Bertz CT molecular complexity index is 413. The predicted octanol–water partition coefficient (Wildman–Crippen LogP) is 4.22. The van der Waals surface area contributed by atoms with Crippen molar-refractivity contribution in [3.05, 3.63) is 28.2 Å². The van der Waals surface area contributed by atoms with E-state index < -0.39 is 0 Å². The molecule has 1 aliphatic rings. The van der Waals surface area contributed by atoms with Crippen molar-refractivity contribution in [2.75, 3.05) is 12.9 Å². The predicted molar refractivity (Wildman–Crippen MR) is 87.1 cm³/mol. The standard InChI is InChI=1S/C15H22BrNOS/c1-3-19-14-6-4-12(9-14)17-10-11-8-13(18-2)5-7-15(11)16/h5,7-8,12,14,17H,3-4,6,9-10H2,1-2H3. The van der Waals surface area contributed by atoms with Crippen LogP contribution in [0.4, 0.5) is 0 Å². The molecule has 1 aromatic carbocycles. The fourth-order valence-electron chi connectivity index (χ4n) is 2.58. The Morgan fingerprint density at radius 1 is 1.42 bits per heavy atom. The summed E-state index contributed by atoms with van der Waals surface area (Å²) in [4.78, 5) is 0. The van der Waals surface area contributed by atoms with Gasteiger partial charge in [0.15, 0.2) is 0 Å². The second-order valence-corrected chi connectivity index (χ2v) is 7.36. The van der Waals surface area contributed by atoms with Gasteiger partial charge in [0.05, 0.1) is 7.11 Å². The molecule has 2 nitrogen and oxygen atoms in total. The Hall–Kier alpha value is -0.190. The van der Waals surface area contributed by atoms with Crippen LogP contribution in [0.15, 0.2) is 22.7 Å². The Morgan fingerprint density at radius 3 is 3.00 bits per heavy atom. The molecule has 0 heterocycles. The number of rotatable bonds is 6. The number of hydrogen-bond acceptors (Lipinski definition) is 3. The third kappa shape index (κ3) is 4.40. The first-order chi connectivity index (χ1) is 9.22. The van der Waals surface area contributed by atoms with Crippen molar-refractivity contribution < 1.29 is 4.74 Å². The number of ether oxygens (including phenoxy) is 1. The summed E-state index contributed by atoms with van der Waals surface area (Å²) < 4.78 is 6.43. The number of benzene rings is 1. The Balaban J connectivity index is 1.85. The van der Waals surface area contributed by atoms with Gasteiger partial charge < -0.3 is 10.1 Å². The van der Waals surface area contributed by atoms with Crippen LogP contribution >= 0.6 is 27.7 Å². The Labute approximate surface area is 128 Å². The molecule has 0 radical (unpaired) electrons. The highest BCUT2D eigenvalue weighted by Gasteiger charge is 2.24. The molecular weight excluding hydrogens is 322 g/mol. The molecule has 0 spiro atoms. The van der Waals surface area contributed by atoms with Crippen molar-refractivity contribution in [3.63, 3.8) is 0 Å². The van der Waals surface area contributed by atoms with Crippen LogP contribution < -0.4 is 10.1 Å². The summed E-state index contributed by atoms with van der Waals surface area (Å²) in [6.45, 7) is 3.16. The quantitative estimate of drug-likeness (QED) is 0.835. The number of methoxy groups -OCH3 is 1. The first-order valence-corrected chi connectivity index (χ1v) is 8.74. The normalized spacial score (nSPS) is 22.7. The van der Waals surface area contributed by atoms with Gasteiger partial charge in [0.2, 0.25) is 0 Å². The molecule has 19 heavy (non-hydrogen) atoms. The molecule has 1 saturated carbocycles. The van der Waals surface area contributed by atoms with Gasteiger partial charge in [-0.1, -0.05) is 22.9 Å². The highest BCUT2D eigenvalue weighted by molar-refractivity contribution is 9.10. The van der Waals surface area contributed by atoms with E-state index >= 15 is 0 Å². The fraction of sp³-hybridized carbons (Fsp3) is 0.600. The summed E-state index contributed by atoms with van der Waals surface area (Å²) in [7, 11) is 1.71. The van der Waals surface area contributed by atoms with Gasteiger partial charge in [0, 0.05) is 22.3 Å². The van der Waals surface area contributed by atoms with E-state index in [1.54, 1.807) is 7.11 Å². The lowest BCUT2D eigenvalue weighted by atomic mass is 10.2. The van der Waals surface area contributed by atoms with E-state index in [1.807, 2.05) is 6.07 Å². The Kier molecular flexibility index (Phi) is 6.05.